The number of nitrogens with one attached hydrogen (secondary N) is 2. The number of carbonyl (C=O) groups excluding carboxylic acids is 1. The Labute approximate surface area is 158 Å². The number of halogens is 1. The number of benzene rings is 2. The number of hydrogen-bond acceptors (Lipinski definition) is 4. The number of fused-ring (bicyclic) bond motifs is 3. The summed E-state index contributed by atoms with van der Waals surface area (Å²) in [7, 11) is 0. The molecule has 0 atom stereocenters. The van der Waals surface area contributed by atoms with Crippen LogP contribution in [0, 0.1) is 10.1 Å². The van der Waals surface area contributed by atoms with Crippen molar-refractivity contribution in [1.29, 1.82) is 0 Å². The monoisotopic (exact) mass is 383 g/mol. The molecule has 1 amide bonds. The van der Waals surface area contributed by atoms with Gasteiger partial charge in [-0.15, -0.1) is 0 Å². The second kappa shape index (κ2) is 6.51. The van der Waals surface area contributed by atoms with Crippen molar-refractivity contribution in [1.82, 2.24) is 4.98 Å². The minimum atomic E-state index is -0.646. The summed E-state index contributed by atoms with van der Waals surface area (Å²) in [6, 6.07) is 9.02. The van der Waals surface area contributed by atoms with E-state index in [0.717, 1.165) is 35.8 Å². The maximum absolute atomic E-state index is 12.5. The minimum absolute atomic E-state index is 0.107. The van der Waals surface area contributed by atoms with Crippen molar-refractivity contribution in [2.75, 3.05) is 5.32 Å². The summed E-state index contributed by atoms with van der Waals surface area (Å²) in [6.07, 6.45) is 2.59. The molecule has 4 rings (SSSR count). The molecule has 1 aliphatic rings. The highest BCUT2D eigenvalue weighted by molar-refractivity contribution is 6.31. The van der Waals surface area contributed by atoms with E-state index in [1.54, 1.807) is 12.1 Å². The number of nitro benzene ring substituents is 1. The number of aromatic amines is 1. The number of carbonyl (C=O) groups is 1. The number of pyridine rings is 1. The lowest BCUT2D eigenvalue weighted by molar-refractivity contribution is -0.385. The summed E-state index contributed by atoms with van der Waals surface area (Å²) in [6.45, 7) is 0. The number of anilines is 1. The van der Waals surface area contributed by atoms with Crippen molar-refractivity contribution >= 4 is 39.8 Å². The zero-order chi connectivity index (χ0) is 19.1. The Morgan fingerprint density at radius 1 is 1.15 bits per heavy atom. The molecule has 0 spiro atoms. The predicted molar refractivity (Wildman–Crippen MR) is 103 cm³/mol. The van der Waals surface area contributed by atoms with Crippen LogP contribution in [0.5, 0.6) is 0 Å². The fraction of sp³-hybridized carbons (Fsp3) is 0.158. The van der Waals surface area contributed by atoms with E-state index in [-0.39, 0.29) is 21.8 Å². The highest BCUT2D eigenvalue weighted by atomic mass is 35.5. The molecule has 0 unspecified atom stereocenters. The number of nitrogens with zero attached hydrogens (tertiary/aromatic N) is 1. The fourth-order valence-corrected chi connectivity index (χ4v) is 3.70. The molecule has 0 saturated carbocycles. The van der Waals surface area contributed by atoms with Crippen molar-refractivity contribution in [3.05, 3.63) is 78.6 Å². The first kappa shape index (κ1) is 17.2. The summed E-state index contributed by atoms with van der Waals surface area (Å²) in [5, 5.41) is 15.0. The molecule has 7 nitrogen and oxygen atoms in total. The SMILES string of the molecule is O=C(Nc1ccc2c3c(c(=O)[nH]c2c1)CCC3)c1cc(Cl)ccc1[N+](=O)[O-]. The number of H-pyrrole nitrogens is 1. The van der Waals surface area contributed by atoms with E-state index in [4.69, 9.17) is 11.6 Å². The third-order valence-corrected chi connectivity index (χ3v) is 4.98. The molecule has 0 aliphatic heterocycles. The molecular formula is C19H14ClN3O4. The average molecular weight is 384 g/mol. The number of aromatic nitrogens is 1. The smallest absolute Gasteiger partial charge is 0.282 e. The number of aryl methyl sites for hydroxylation is 1. The van der Waals surface area contributed by atoms with E-state index in [1.807, 2.05) is 6.07 Å². The van der Waals surface area contributed by atoms with Gasteiger partial charge in [0.15, 0.2) is 0 Å². The Morgan fingerprint density at radius 2 is 1.93 bits per heavy atom. The summed E-state index contributed by atoms with van der Waals surface area (Å²) in [4.78, 5) is 38.1. The molecule has 0 saturated heterocycles. The van der Waals surface area contributed by atoms with Gasteiger partial charge in [0, 0.05) is 27.7 Å². The van der Waals surface area contributed by atoms with E-state index >= 15 is 0 Å². The topological polar surface area (TPSA) is 105 Å². The van der Waals surface area contributed by atoms with Gasteiger partial charge in [-0.2, -0.15) is 0 Å². The summed E-state index contributed by atoms with van der Waals surface area (Å²) < 4.78 is 0. The standard InChI is InChI=1S/C19H14ClN3O4/c20-10-4-7-17(23(26)27)15(8-10)19(25)21-11-5-6-13-12-2-1-3-14(12)18(24)22-16(13)9-11/h4-9H,1-3H2,(H,21,25)(H,22,24). The summed E-state index contributed by atoms with van der Waals surface area (Å²) >= 11 is 5.88. The molecule has 2 N–H and O–H groups in total. The van der Waals surface area contributed by atoms with Crippen molar-refractivity contribution < 1.29 is 9.72 Å². The van der Waals surface area contributed by atoms with Crippen LogP contribution < -0.4 is 10.9 Å². The minimum Gasteiger partial charge on any atom is -0.322 e. The third kappa shape index (κ3) is 3.06. The molecule has 1 aliphatic carbocycles. The predicted octanol–water partition coefficient (Wildman–Crippen LogP) is 3.83. The van der Waals surface area contributed by atoms with Crippen LogP contribution in [0.15, 0.2) is 41.2 Å². The number of rotatable bonds is 3. The van der Waals surface area contributed by atoms with Gasteiger partial charge >= 0.3 is 0 Å². The Balaban J connectivity index is 1.71. The largest absolute Gasteiger partial charge is 0.322 e. The molecule has 1 heterocycles. The van der Waals surface area contributed by atoms with Crippen LogP contribution >= 0.6 is 11.6 Å². The van der Waals surface area contributed by atoms with Crippen LogP contribution in [-0.4, -0.2) is 15.8 Å². The molecule has 27 heavy (non-hydrogen) atoms. The maximum Gasteiger partial charge on any atom is 0.282 e. The first-order valence-electron chi connectivity index (χ1n) is 8.37. The van der Waals surface area contributed by atoms with E-state index in [0.29, 0.717) is 11.2 Å². The first-order valence-corrected chi connectivity index (χ1v) is 8.75. The lowest BCUT2D eigenvalue weighted by Crippen LogP contribution is -2.15. The molecule has 0 radical (unpaired) electrons. The number of nitro groups is 1. The number of hydrogen-bond donors (Lipinski definition) is 2. The second-order valence-electron chi connectivity index (χ2n) is 6.40. The zero-order valence-corrected chi connectivity index (χ0v) is 14.8. The van der Waals surface area contributed by atoms with Crippen LogP contribution in [0.1, 0.15) is 27.9 Å². The van der Waals surface area contributed by atoms with Gasteiger partial charge in [-0.25, -0.2) is 0 Å². The second-order valence-corrected chi connectivity index (χ2v) is 6.83. The van der Waals surface area contributed by atoms with Crippen LogP contribution in [0.3, 0.4) is 0 Å². The Morgan fingerprint density at radius 3 is 2.70 bits per heavy atom. The van der Waals surface area contributed by atoms with E-state index < -0.39 is 10.8 Å². The normalized spacial score (nSPS) is 12.8. The summed E-state index contributed by atoms with van der Waals surface area (Å²) in [5.41, 5.74) is 2.36. The molecule has 136 valence electrons. The van der Waals surface area contributed by atoms with Crippen LogP contribution in [0.2, 0.25) is 5.02 Å². The highest BCUT2D eigenvalue weighted by Crippen LogP contribution is 2.28. The van der Waals surface area contributed by atoms with Gasteiger partial charge in [0.05, 0.1) is 10.4 Å². The zero-order valence-electron chi connectivity index (χ0n) is 14.0. The third-order valence-electron chi connectivity index (χ3n) is 4.74. The van der Waals surface area contributed by atoms with E-state index in [1.165, 1.54) is 18.2 Å². The fourth-order valence-electron chi connectivity index (χ4n) is 3.53. The van der Waals surface area contributed by atoms with Gasteiger partial charge in [0.25, 0.3) is 17.2 Å². The van der Waals surface area contributed by atoms with Crippen molar-refractivity contribution in [2.24, 2.45) is 0 Å². The molecule has 1 aromatic heterocycles. The average Bonchev–Trinajstić information content (AvgIpc) is 3.12. The van der Waals surface area contributed by atoms with Crippen LogP contribution in [-0.2, 0) is 12.8 Å². The van der Waals surface area contributed by atoms with Gasteiger partial charge in [-0.3, -0.25) is 19.7 Å². The van der Waals surface area contributed by atoms with Crippen LogP contribution in [0.25, 0.3) is 10.9 Å². The van der Waals surface area contributed by atoms with Crippen LogP contribution in [0.4, 0.5) is 11.4 Å². The summed E-state index contributed by atoms with van der Waals surface area (Å²) in [5.74, 6) is -0.646. The molecule has 2 aromatic carbocycles. The number of amides is 1. The lowest BCUT2D eigenvalue weighted by atomic mass is 10.1. The van der Waals surface area contributed by atoms with Gasteiger partial charge in [-0.05, 0) is 49.1 Å². The van der Waals surface area contributed by atoms with Gasteiger partial charge in [0.2, 0.25) is 0 Å². The first-order chi connectivity index (χ1) is 12.9. The quantitative estimate of drug-likeness (QED) is 0.529. The molecule has 0 bridgehead atoms. The van der Waals surface area contributed by atoms with E-state index in [9.17, 15) is 19.7 Å². The van der Waals surface area contributed by atoms with Gasteiger partial charge in [0.1, 0.15) is 5.56 Å². The highest BCUT2D eigenvalue weighted by Gasteiger charge is 2.21. The molecule has 8 heteroatoms. The van der Waals surface area contributed by atoms with Crippen molar-refractivity contribution in [2.45, 2.75) is 19.3 Å². The van der Waals surface area contributed by atoms with Gasteiger partial charge < -0.3 is 10.3 Å². The maximum atomic E-state index is 12.5. The molecular weight excluding hydrogens is 370 g/mol. The van der Waals surface area contributed by atoms with Crippen molar-refractivity contribution in [3.63, 3.8) is 0 Å². The van der Waals surface area contributed by atoms with Crippen molar-refractivity contribution in [3.8, 4) is 0 Å². The Kier molecular flexibility index (Phi) is 4.16. The Bertz CT molecular complexity index is 1170. The van der Waals surface area contributed by atoms with E-state index in [2.05, 4.69) is 10.3 Å². The molecule has 3 aromatic rings. The lowest BCUT2D eigenvalue weighted by Gasteiger charge is -2.09. The Hall–Kier alpha value is -3.19. The van der Waals surface area contributed by atoms with Gasteiger partial charge in [-0.1, -0.05) is 17.7 Å². The molecule has 0 fully saturated rings.